The summed E-state index contributed by atoms with van der Waals surface area (Å²) in [5, 5.41) is 8.96. The fraction of sp³-hybridized carbons (Fsp3) is 0.529. The molecule has 1 aromatic rings. The molecule has 0 bridgehead atoms. The average molecular weight is 356 g/mol. The lowest BCUT2D eigenvalue weighted by atomic mass is 9.91. The fourth-order valence-corrected chi connectivity index (χ4v) is 2.56. The molecule has 0 radical (unpaired) electrons. The van der Waals surface area contributed by atoms with Crippen molar-refractivity contribution in [2.75, 3.05) is 30.8 Å². The van der Waals surface area contributed by atoms with E-state index in [4.69, 9.17) is 4.74 Å². The summed E-state index contributed by atoms with van der Waals surface area (Å²) in [7, 11) is 1.57. The number of piperidine rings is 1. The van der Waals surface area contributed by atoms with Crippen molar-refractivity contribution in [2.24, 2.45) is 5.92 Å². The van der Waals surface area contributed by atoms with Crippen molar-refractivity contribution in [3.05, 3.63) is 24.3 Å². The van der Waals surface area contributed by atoms with Gasteiger partial charge in [-0.05, 0) is 44.1 Å². The van der Waals surface area contributed by atoms with E-state index in [-0.39, 0.29) is 30.1 Å². The molecule has 1 heterocycles. The van der Waals surface area contributed by atoms with Gasteiger partial charge >= 0.3 is 0 Å². The molecular weight excluding hydrogens is 330 g/mol. The molecule has 0 aliphatic carbocycles. The van der Waals surface area contributed by atoms with Gasteiger partial charge in [-0.3, -0.25) is 9.59 Å². The predicted molar refractivity (Wildman–Crippen MR) is 97.6 cm³/mol. The Bertz CT molecular complexity index is 572. The van der Waals surface area contributed by atoms with Crippen molar-refractivity contribution in [1.82, 2.24) is 5.32 Å². The summed E-state index contributed by atoms with van der Waals surface area (Å²) in [5.74, 6) is -0.297. The van der Waals surface area contributed by atoms with Gasteiger partial charge in [-0.15, -0.1) is 12.4 Å². The highest BCUT2D eigenvalue weighted by Crippen LogP contribution is 2.25. The fourth-order valence-electron chi connectivity index (χ4n) is 2.56. The van der Waals surface area contributed by atoms with Gasteiger partial charge in [0.05, 0.1) is 0 Å². The van der Waals surface area contributed by atoms with E-state index in [0.29, 0.717) is 24.2 Å². The van der Waals surface area contributed by atoms with E-state index in [2.05, 4.69) is 16.0 Å². The molecule has 7 heteroatoms. The van der Waals surface area contributed by atoms with Crippen LogP contribution in [0, 0.1) is 5.92 Å². The first-order valence-corrected chi connectivity index (χ1v) is 7.95. The minimum atomic E-state index is -0.789. The summed E-state index contributed by atoms with van der Waals surface area (Å²) >= 11 is 0. The van der Waals surface area contributed by atoms with Gasteiger partial charge in [0.25, 0.3) is 5.91 Å². The highest BCUT2D eigenvalue weighted by Gasteiger charge is 2.39. The van der Waals surface area contributed by atoms with Gasteiger partial charge in [-0.25, -0.2) is 0 Å². The van der Waals surface area contributed by atoms with E-state index in [9.17, 15) is 9.59 Å². The lowest BCUT2D eigenvalue weighted by Gasteiger charge is -2.34. The SMILES string of the molecule is COC1(C(=O)Nc2cccc(NC(=O)C(C)C)c2)CCNCC1.Cl. The van der Waals surface area contributed by atoms with Crippen LogP contribution in [0.2, 0.25) is 0 Å². The van der Waals surface area contributed by atoms with Crippen LogP contribution in [0.3, 0.4) is 0 Å². The van der Waals surface area contributed by atoms with Crippen LogP contribution in [0.1, 0.15) is 26.7 Å². The van der Waals surface area contributed by atoms with E-state index in [1.54, 1.807) is 31.4 Å². The third-order valence-electron chi connectivity index (χ3n) is 4.13. The molecule has 1 aliphatic heterocycles. The van der Waals surface area contributed by atoms with Gasteiger partial charge in [0.15, 0.2) is 0 Å². The van der Waals surface area contributed by atoms with Gasteiger partial charge in [0, 0.05) is 24.4 Å². The van der Waals surface area contributed by atoms with E-state index >= 15 is 0 Å². The van der Waals surface area contributed by atoms with Crippen molar-refractivity contribution in [1.29, 1.82) is 0 Å². The van der Waals surface area contributed by atoms with Crippen molar-refractivity contribution < 1.29 is 14.3 Å². The standard InChI is InChI=1S/C17H25N3O3.ClH/c1-12(2)15(21)19-13-5-4-6-14(11-13)20-16(22)17(23-3)7-9-18-10-8-17;/h4-6,11-12,18H,7-10H2,1-3H3,(H,19,21)(H,20,22);1H. The van der Waals surface area contributed by atoms with Gasteiger partial charge in [0.2, 0.25) is 5.91 Å². The molecule has 0 unspecified atom stereocenters. The first-order chi connectivity index (χ1) is 11.0. The quantitative estimate of drug-likeness (QED) is 0.757. The molecule has 134 valence electrons. The number of methoxy groups -OCH3 is 1. The van der Waals surface area contributed by atoms with E-state index < -0.39 is 5.60 Å². The Morgan fingerprint density at radius 2 is 1.75 bits per heavy atom. The number of hydrogen-bond acceptors (Lipinski definition) is 4. The number of ether oxygens (including phenoxy) is 1. The number of rotatable bonds is 5. The van der Waals surface area contributed by atoms with Crippen molar-refractivity contribution in [3.63, 3.8) is 0 Å². The normalized spacial score (nSPS) is 16.2. The molecule has 3 N–H and O–H groups in total. The third-order valence-corrected chi connectivity index (χ3v) is 4.13. The number of nitrogens with one attached hydrogen (secondary N) is 3. The second-order valence-corrected chi connectivity index (χ2v) is 6.13. The zero-order valence-electron chi connectivity index (χ0n) is 14.3. The largest absolute Gasteiger partial charge is 0.368 e. The first-order valence-electron chi connectivity index (χ1n) is 7.95. The monoisotopic (exact) mass is 355 g/mol. The smallest absolute Gasteiger partial charge is 0.256 e. The first kappa shape index (κ1) is 20.4. The Morgan fingerprint density at radius 1 is 1.17 bits per heavy atom. The predicted octanol–water partition coefficient (Wildman–Crippen LogP) is 2.41. The van der Waals surface area contributed by atoms with Crippen LogP contribution in [-0.2, 0) is 14.3 Å². The molecule has 0 atom stereocenters. The molecule has 1 aromatic carbocycles. The van der Waals surface area contributed by atoms with Crippen LogP contribution >= 0.6 is 12.4 Å². The highest BCUT2D eigenvalue weighted by molar-refractivity contribution is 5.98. The number of carbonyl (C=O) groups excluding carboxylic acids is 2. The van der Waals surface area contributed by atoms with Crippen molar-refractivity contribution in [2.45, 2.75) is 32.3 Å². The summed E-state index contributed by atoms with van der Waals surface area (Å²) < 4.78 is 5.52. The number of halogens is 1. The van der Waals surface area contributed by atoms with Gasteiger partial charge in [0.1, 0.15) is 5.60 Å². The minimum absolute atomic E-state index is 0. The zero-order valence-corrected chi connectivity index (χ0v) is 15.2. The Morgan fingerprint density at radius 3 is 2.29 bits per heavy atom. The third kappa shape index (κ3) is 4.93. The molecule has 0 saturated carbocycles. The summed E-state index contributed by atoms with van der Waals surface area (Å²) in [6, 6.07) is 7.15. The average Bonchev–Trinajstić information content (AvgIpc) is 2.55. The van der Waals surface area contributed by atoms with Crippen LogP contribution in [0.15, 0.2) is 24.3 Å². The number of anilines is 2. The second-order valence-electron chi connectivity index (χ2n) is 6.13. The molecular formula is C17H26ClN3O3. The van der Waals surface area contributed by atoms with E-state index in [1.807, 2.05) is 13.8 Å². The molecule has 6 nitrogen and oxygen atoms in total. The molecule has 1 fully saturated rings. The van der Waals surface area contributed by atoms with Gasteiger partial charge in [-0.1, -0.05) is 19.9 Å². The van der Waals surface area contributed by atoms with Crippen LogP contribution < -0.4 is 16.0 Å². The summed E-state index contributed by atoms with van der Waals surface area (Å²) in [5.41, 5.74) is 0.521. The van der Waals surface area contributed by atoms with Crippen LogP contribution in [0.5, 0.6) is 0 Å². The lowest BCUT2D eigenvalue weighted by Crippen LogP contribution is -2.51. The van der Waals surface area contributed by atoms with E-state index in [0.717, 1.165) is 13.1 Å². The number of amides is 2. The Balaban J connectivity index is 0.00000288. The summed E-state index contributed by atoms with van der Waals surface area (Å²) in [6.07, 6.45) is 1.28. The second kappa shape index (κ2) is 9.01. The highest BCUT2D eigenvalue weighted by atomic mass is 35.5. The maximum absolute atomic E-state index is 12.6. The van der Waals surface area contributed by atoms with Crippen molar-refractivity contribution >= 4 is 35.6 Å². The summed E-state index contributed by atoms with van der Waals surface area (Å²) in [4.78, 5) is 24.4. The van der Waals surface area contributed by atoms with Gasteiger partial charge in [-0.2, -0.15) is 0 Å². The number of carbonyl (C=O) groups is 2. The number of hydrogen-bond donors (Lipinski definition) is 3. The molecule has 2 amide bonds. The topological polar surface area (TPSA) is 79.5 Å². The lowest BCUT2D eigenvalue weighted by molar-refractivity contribution is -0.140. The van der Waals surface area contributed by atoms with E-state index in [1.165, 1.54) is 0 Å². The Kier molecular flexibility index (Phi) is 7.66. The molecule has 0 aromatic heterocycles. The van der Waals surface area contributed by atoms with Crippen LogP contribution in [-0.4, -0.2) is 37.6 Å². The van der Waals surface area contributed by atoms with Gasteiger partial charge < -0.3 is 20.7 Å². The molecule has 1 saturated heterocycles. The molecule has 0 spiro atoms. The van der Waals surface area contributed by atoms with Crippen LogP contribution in [0.25, 0.3) is 0 Å². The zero-order chi connectivity index (χ0) is 16.9. The maximum Gasteiger partial charge on any atom is 0.256 e. The molecule has 24 heavy (non-hydrogen) atoms. The minimum Gasteiger partial charge on any atom is -0.368 e. The van der Waals surface area contributed by atoms with Crippen LogP contribution in [0.4, 0.5) is 11.4 Å². The molecule has 2 rings (SSSR count). The molecule has 1 aliphatic rings. The Hall–Kier alpha value is -1.63. The summed E-state index contributed by atoms with van der Waals surface area (Å²) in [6.45, 7) is 5.18. The Labute approximate surface area is 149 Å². The van der Waals surface area contributed by atoms with Crippen molar-refractivity contribution in [3.8, 4) is 0 Å². The number of benzene rings is 1. The maximum atomic E-state index is 12.6.